The molecule has 5 nitrogen and oxygen atoms in total. The van der Waals surface area contributed by atoms with Gasteiger partial charge in [0.25, 0.3) is 0 Å². The molecule has 0 aliphatic carbocycles. The summed E-state index contributed by atoms with van der Waals surface area (Å²) < 4.78 is 28.6. The van der Waals surface area contributed by atoms with E-state index in [2.05, 4.69) is 0 Å². The van der Waals surface area contributed by atoms with Crippen molar-refractivity contribution >= 4 is 26.5 Å². The lowest BCUT2D eigenvalue weighted by Gasteiger charge is -2.27. The van der Waals surface area contributed by atoms with Crippen molar-refractivity contribution in [3.8, 4) is 5.75 Å². The summed E-state index contributed by atoms with van der Waals surface area (Å²) in [5.41, 5.74) is 0.926. The molecule has 2 atom stereocenters. The minimum absolute atomic E-state index is 0.0463. The van der Waals surface area contributed by atoms with E-state index in [0.29, 0.717) is 6.42 Å². The highest BCUT2D eigenvalue weighted by Gasteiger charge is 2.34. The van der Waals surface area contributed by atoms with Gasteiger partial charge >= 0.3 is 0 Å². The van der Waals surface area contributed by atoms with Gasteiger partial charge in [0.2, 0.25) is 5.91 Å². The van der Waals surface area contributed by atoms with Gasteiger partial charge < -0.3 is 9.64 Å². The summed E-state index contributed by atoms with van der Waals surface area (Å²) in [6, 6.07) is 11.6. The van der Waals surface area contributed by atoms with Crippen LogP contribution in [-0.4, -0.2) is 50.9 Å². The first-order chi connectivity index (χ1) is 11.8. The Labute approximate surface area is 148 Å². The summed E-state index contributed by atoms with van der Waals surface area (Å²) in [7, 11) is 0.333. The highest BCUT2D eigenvalue weighted by molar-refractivity contribution is 7.91. The Morgan fingerprint density at radius 2 is 1.88 bits per heavy atom. The Bertz CT molecular complexity index is 907. The minimum Gasteiger partial charge on any atom is -0.497 e. The lowest BCUT2D eigenvalue weighted by Crippen LogP contribution is -2.40. The van der Waals surface area contributed by atoms with Crippen molar-refractivity contribution in [2.24, 2.45) is 0 Å². The zero-order valence-electron chi connectivity index (χ0n) is 14.7. The lowest BCUT2D eigenvalue weighted by molar-refractivity contribution is -0.132. The summed E-state index contributed by atoms with van der Waals surface area (Å²) in [6.07, 6.45) is 0.523. The molecule has 1 saturated heterocycles. The van der Waals surface area contributed by atoms with E-state index in [1.54, 1.807) is 19.1 Å². The number of nitrogens with zero attached hydrogens (tertiary/aromatic N) is 1. The van der Waals surface area contributed by atoms with Crippen LogP contribution in [0, 0.1) is 0 Å². The molecule has 0 bridgehead atoms. The first-order valence-corrected chi connectivity index (χ1v) is 10.2. The highest BCUT2D eigenvalue weighted by Crippen LogP contribution is 2.27. The van der Waals surface area contributed by atoms with E-state index >= 15 is 0 Å². The maximum atomic E-state index is 12.8. The van der Waals surface area contributed by atoms with Crippen LogP contribution in [0.2, 0.25) is 0 Å². The third-order valence-electron chi connectivity index (χ3n) is 5.05. The maximum Gasteiger partial charge on any atom is 0.229 e. The third kappa shape index (κ3) is 3.63. The van der Waals surface area contributed by atoms with Crippen molar-refractivity contribution in [2.45, 2.75) is 25.3 Å². The molecule has 25 heavy (non-hydrogen) atoms. The smallest absolute Gasteiger partial charge is 0.229 e. The predicted molar refractivity (Wildman–Crippen MR) is 98.7 cm³/mol. The summed E-state index contributed by atoms with van der Waals surface area (Å²) in [6.45, 7) is 1.87. The van der Waals surface area contributed by atoms with Crippen LogP contribution >= 0.6 is 0 Å². The molecule has 6 heteroatoms. The molecular formula is C19H23NO4S. The summed E-state index contributed by atoms with van der Waals surface area (Å²) >= 11 is 0. The van der Waals surface area contributed by atoms with E-state index in [4.69, 9.17) is 4.74 Å². The van der Waals surface area contributed by atoms with Crippen molar-refractivity contribution in [2.75, 3.05) is 25.7 Å². The van der Waals surface area contributed by atoms with Gasteiger partial charge in [-0.2, -0.15) is 0 Å². The Morgan fingerprint density at radius 1 is 1.20 bits per heavy atom. The van der Waals surface area contributed by atoms with Gasteiger partial charge in [-0.05, 0) is 41.8 Å². The Kier molecular flexibility index (Phi) is 4.73. The molecule has 0 saturated carbocycles. The zero-order valence-corrected chi connectivity index (χ0v) is 15.5. The number of likely N-dealkylation sites (N-methyl/N-ethyl adjacent to an activating group) is 1. The molecule has 2 aromatic carbocycles. The fourth-order valence-corrected chi connectivity index (χ4v) is 5.12. The van der Waals surface area contributed by atoms with Gasteiger partial charge in [0.15, 0.2) is 9.84 Å². The van der Waals surface area contributed by atoms with Crippen LogP contribution in [0.3, 0.4) is 0 Å². The van der Waals surface area contributed by atoms with Crippen molar-refractivity contribution in [1.29, 1.82) is 0 Å². The Balaban J connectivity index is 1.81. The third-order valence-corrected chi connectivity index (χ3v) is 6.80. The normalized spacial score (nSPS) is 20.4. The quantitative estimate of drug-likeness (QED) is 0.840. The zero-order chi connectivity index (χ0) is 18.2. The minimum atomic E-state index is -3.01. The van der Waals surface area contributed by atoms with Gasteiger partial charge in [-0.25, -0.2) is 8.42 Å². The van der Waals surface area contributed by atoms with Crippen LogP contribution in [0.1, 0.15) is 24.8 Å². The fraction of sp³-hybridized carbons (Fsp3) is 0.421. The van der Waals surface area contributed by atoms with Crippen molar-refractivity contribution in [3.05, 3.63) is 42.0 Å². The van der Waals surface area contributed by atoms with E-state index in [-0.39, 0.29) is 29.4 Å². The molecule has 2 aromatic rings. The van der Waals surface area contributed by atoms with Gasteiger partial charge in [0, 0.05) is 13.1 Å². The number of sulfone groups is 1. The molecular weight excluding hydrogens is 338 g/mol. The molecule has 1 heterocycles. The monoisotopic (exact) mass is 361 g/mol. The molecule has 3 rings (SSSR count). The number of carbonyl (C=O) groups is 1. The number of rotatable bonds is 4. The second-order valence-corrected chi connectivity index (χ2v) is 8.93. The number of hydrogen-bond donors (Lipinski definition) is 0. The van der Waals surface area contributed by atoms with Crippen molar-refractivity contribution < 1.29 is 17.9 Å². The molecule has 0 aromatic heterocycles. The van der Waals surface area contributed by atoms with Crippen LogP contribution in [0.15, 0.2) is 36.4 Å². The molecule has 0 N–H and O–H groups in total. The van der Waals surface area contributed by atoms with Gasteiger partial charge in [-0.1, -0.05) is 24.3 Å². The predicted octanol–water partition coefficient (Wildman–Crippen LogP) is 2.60. The molecule has 1 amide bonds. The number of benzene rings is 2. The van der Waals surface area contributed by atoms with Crippen LogP contribution in [0.5, 0.6) is 5.75 Å². The lowest BCUT2D eigenvalue weighted by atomic mass is 9.96. The van der Waals surface area contributed by atoms with Crippen LogP contribution in [0.25, 0.3) is 10.8 Å². The largest absolute Gasteiger partial charge is 0.497 e. The molecule has 134 valence electrons. The van der Waals surface area contributed by atoms with E-state index in [9.17, 15) is 13.2 Å². The Hall–Kier alpha value is -2.08. The van der Waals surface area contributed by atoms with Gasteiger partial charge in [0.05, 0.1) is 24.5 Å². The number of ether oxygens (including phenoxy) is 1. The van der Waals surface area contributed by atoms with Crippen molar-refractivity contribution in [1.82, 2.24) is 4.90 Å². The number of amides is 1. The second-order valence-electron chi connectivity index (χ2n) is 6.70. The maximum absolute atomic E-state index is 12.8. The molecule has 0 radical (unpaired) electrons. The average Bonchev–Trinajstić information content (AvgIpc) is 2.98. The first-order valence-electron chi connectivity index (χ1n) is 8.35. The van der Waals surface area contributed by atoms with E-state index in [0.717, 1.165) is 22.1 Å². The number of hydrogen-bond acceptors (Lipinski definition) is 4. The van der Waals surface area contributed by atoms with E-state index in [1.807, 2.05) is 43.3 Å². The molecule has 0 spiro atoms. The van der Waals surface area contributed by atoms with E-state index < -0.39 is 9.84 Å². The topological polar surface area (TPSA) is 63.7 Å². The van der Waals surface area contributed by atoms with Crippen LogP contribution < -0.4 is 4.74 Å². The summed E-state index contributed by atoms with van der Waals surface area (Å²) in [5.74, 6) is 0.669. The molecule has 1 unspecified atom stereocenters. The average molecular weight is 361 g/mol. The van der Waals surface area contributed by atoms with Crippen LogP contribution in [0.4, 0.5) is 0 Å². The molecule has 1 aliphatic rings. The van der Waals surface area contributed by atoms with Gasteiger partial charge in [0.1, 0.15) is 5.75 Å². The van der Waals surface area contributed by atoms with E-state index in [1.165, 1.54) is 0 Å². The second kappa shape index (κ2) is 6.67. The SMILES string of the molecule is COc1ccc2cc([C@H](C)C(=O)N(C)C3CCS(=O)(=O)C3)ccc2c1. The number of methoxy groups -OCH3 is 1. The van der Waals surface area contributed by atoms with Gasteiger partial charge in [-0.15, -0.1) is 0 Å². The first kappa shape index (κ1) is 17.7. The number of carbonyl (C=O) groups excluding carboxylic acids is 1. The highest BCUT2D eigenvalue weighted by atomic mass is 32.2. The summed E-state index contributed by atoms with van der Waals surface area (Å²) in [4.78, 5) is 14.4. The molecule has 1 aliphatic heterocycles. The fourth-order valence-electron chi connectivity index (χ4n) is 3.35. The summed E-state index contributed by atoms with van der Waals surface area (Å²) in [5, 5.41) is 2.10. The Morgan fingerprint density at radius 3 is 2.52 bits per heavy atom. The van der Waals surface area contributed by atoms with Crippen molar-refractivity contribution in [3.63, 3.8) is 0 Å². The van der Waals surface area contributed by atoms with Crippen LogP contribution in [-0.2, 0) is 14.6 Å². The van der Waals surface area contributed by atoms with Gasteiger partial charge in [-0.3, -0.25) is 4.79 Å². The molecule has 1 fully saturated rings. The number of fused-ring (bicyclic) bond motifs is 1. The standard InChI is InChI=1S/C19H23NO4S/c1-13(19(21)20(2)17-8-9-25(22,23)12-17)14-4-5-16-11-18(24-3)7-6-15(16)10-14/h4-7,10-11,13,17H,8-9,12H2,1-3H3/t13-,17?/m0/s1.